The second-order valence-corrected chi connectivity index (χ2v) is 5.77. The van der Waals surface area contributed by atoms with Crippen molar-refractivity contribution in [2.75, 3.05) is 0 Å². The Morgan fingerprint density at radius 1 is 1.35 bits per heavy atom. The van der Waals surface area contributed by atoms with Crippen LogP contribution in [0, 0.1) is 12.8 Å². The molecule has 1 unspecified atom stereocenters. The molecule has 1 aliphatic rings. The second-order valence-electron chi connectivity index (χ2n) is 5.34. The number of hydrogen-bond donors (Lipinski definition) is 1. The number of halogens is 1. The molecular weight excluding hydrogens is 230 g/mol. The van der Waals surface area contributed by atoms with E-state index in [4.69, 9.17) is 17.3 Å². The summed E-state index contributed by atoms with van der Waals surface area (Å²) in [7, 11) is 0. The Bertz CT molecular complexity index is 369. The van der Waals surface area contributed by atoms with Gasteiger partial charge in [0.15, 0.2) is 0 Å². The van der Waals surface area contributed by atoms with E-state index >= 15 is 0 Å². The van der Waals surface area contributed by atoms with Crippen molar-refractivity contribution in [2.45, 2.75) is 51.5 Å². The fraction of sp³-hybridized carbons (Fsp3) is 0.600. The van der Waals surface area contributed by atoms with Crippen LogP contribution in [-0.4, -0.2) is 0 Å². The first-order valence-corrected chi connectivity index (χ1v) is 7.06. The van der Waals surface area contributed by atoms with Crippen molar-refractivity contribution in [3.8, 4) is 0 Å². The maximum atomic E-state index is 6.28. The summed E-state index contributed by atoms with van der Waals surface area (Å²) >= 11 is 6.03. The first-order valence-electron chi connectivity index (χ1n) is 6.68. The number of aryl methyl sites for hydroxylation is 1. The third-order valence-electron chi connectivity index (χ3n) is 4.00. The fourth-order valence-corrected chi connectivity index (χ4v) is 3.06. The van der Waals surface area contributed by atoms with Gasteiger partial charge in [-0.3, -0.25) is 0 Å². The van der Waals surface area contributed by atoms with Crippen molar-refractivity contribution in [2.24, 2.45) is 11.7 Å². The summed E-state index contributed by atoms with van der Waals surface area (Å²) in [4.78, 5) is 0. The first kappa shape index (κ1) is 12.9. The maximum Gasteiger partial charge on any atom is 0.0409 e. The summed E-state index contributed by atoms with van der Waals surface area (Å²) in [5.74, 6) is 0.917. The van der Waals surface area contributed by atoms with Crippen molar-refractivity contribution in [1.82, 2.24) is 0 Å². The molecule has 0 spiro atoms. The molecule has 0 bridgehead atoms. The van der Waals surface area contributed by atoms with Gasteiger partial charge in [0.25, 0.3) is 0 Å². The molecular formula is C15H22ClN. The standard InChI is InChI=1S/C15H22ClN/c1-11-6-8-13(16)10-14(11)15(17)9-7-12-4-2-3-5-12/h6,8,10,12,15H,2-5,7,9,17H2,1H3. The predicted octanol–water partition coefficient (Wildman–Crippen LogP) is 4.62. The molecule has 2 rings (SSSR count). The van der Waals surface area contributed by atoms with Gasteiger partial charge >= 0.3 is 0 Å². The van der Waals surface area contributed by atoms with Crippen LogP contribution in [0.4, 0.5) is 0 Å². The zero-order valence-corrected chi connectivity index (χ0v) is 11.3. The lowest BCUT2D eigenvalue weighted by molar-refractivity contribution is 0.453. The summed E-state index contributed by atoms with van der Waals surface area (Å²) in [5, 5.41) is 0.793. The van der Waals surface area contributed by atoms with E-state index in [1.54, 1.807) is 0 Å². The Kier molecular flexibility index (Phi) is 4.47. The molecule has 0 radical (unpaired) electrons. The Balaban J connectivity index is 1.93. The van der Waals surface area contributed by atoms with Crippen molar-refractivity contribution in [1.29, 1.82) is 0 Å². The minimum Gasteiger partial charge on any atom is -0.324 e. The highest BCUT2D eigenvalue weighted by molar-refractivity contribution is 6.30. The Morgan fingerprint density at radius 3 is 2.76 bits per heavy atom. The lowest BCUT2D eigenvalue weighted by atomic mass is 9.93. The fourth-order valence-electron chi connectivity index (χ4n) is 2.88. The van der Waals surface area contributed by atoms with E-state index in [0.29, 0.717) is 0 Å². The van der Waals surface area contributed by atoms with Gasteiger partial charge in [-0.25, -0.2) is 0 Å². The first-order chi connectivity index (χ1) is 8.16. The van der Waals surface area contributed by atoms with Crippen LogP contribution in [0.25, 0.3) is 0 Å². The topological polar surface area (TPSA) is 26.0 Å². The largest absolute Gasteiger partial charge is 0.324 e. The van der Waals surface area contributed by atoms with Crippen molar-refractivity contribution >= 4 is 11.6 Å². The van der Waals surface area contributed by atoms with Gasteiger partial charge in [-0.2, -0.15) is 0 Å². The van der Waals surface area contributed by atoms with E-state index in [-0.39, 0.29) is 6.04 Å². The van der Waals surface area contributed by atoms with Gasteiger partial charge in [-0.05, 0) is 48.9 Å². The molecule has 1 fully saturated rings. The third kappa shape index (κ3) is 3.46. The maximum absolute atomic E-state index is 6.28. The lowest BCUT2D eigenvalue weighted by Gasteiger charge is -2.17. The second kappa shape index (κ2) is 5.88. The van der Waals surface area contributed by atoms with Gasteiger partial charge in [0.05, 0.1) is 0 Å². The summed E-state index contributed by atoms with van der Waals surface area (Å²) in [6.07, 6.45) is 7.99. The molecule has 94 valence electrons. The summed E-state index contributed by atoms with van der Waals surface area (Å²) in [5.41, 5.74) is 8.76. The molecule has 1 aliphatic carbocycles. The van der Waals surface area contributed by atoms with Crippen LogP contribution in [0.2, 0.25) is 5.02 Å². The van der Waals surface area contributed by atoms with E-state index < -0.39 is 0 Å². The van der Waals surface area contributed by atoms with E-state index in [1.807, 2.05) is 12.1 Å². The molecule has 0 aliphatic heterocycles. The van der Waals surface area contributed by atoms with Crippen LogP contribution in [-0.2, 0) is 0 Å². The number of hydrogen-bond acceptors (Lipinski definition) is 1. The zero-order valence-electron chi connectivity index (χ0n) is 10.6. The van der Waals surface area contributed by atoms with E-state index in [0.717, 1.165) is 17.4 Å². The van der Waals surface area contributed by atoms with Gasteiger partial charge in [-0.1, -0.05) is 43.4 Å². The average Bonchev–Trinajstić information content (AvgIpc) is 2.82. The smallest absolute Gasteiger partial charge is 0.0409 e. The third-order valence-corrected chi connectivity index (χ3v) is 4.24. The van der Waals surface area contributed by atoms with Crippen molar-refractivity contribution < 1.29 is 0 Å². The van der Waals surface area contributed by atoms with Crippen LogP contribution in [0.3, 0.4) is 0 Å². The van der Waals surface area contributed by atoms with E-state index in [1.165, 1.54) is 43.2 Å². The summed E-state index contributed by atoms with van der Waals surface area (Å²) in [6, 6.07) is 6.17. The van der Waals surface area contributed by atoms with Crippen LogP contribution in [0.5, 0.6) is 0 Å². The molecule has 1 aromatic rings. The molecule has 1 atom stereocenters. The lowest BCUT2D eigenvalue weighted by Crippen LogP contribution is -2.13. The highest BCUT2D eigenvalue weighted by Gasteiger charge is 2.17. The molecule has 0 aromatic heterocycles. The van der Waals surface area contributed by atoms with Crippen LogP contribution in [0.1, 0.15) is 55.7 Å². The number of nitrogens with two attached hydrogens (primary N) is 1. The zero-order chi connectivity index (χ0) is 12.3. The molecule has 1 aromatic carbocycles. The van der Waals surface area contributed by atoms with Gasteiger partial charge < -0.3 is 5.73 Å². The highest BCUT2D eigenvalue weighted by Crippen LogP contribution is 2.31. The normalized spacial score (nSPS) is 18.5. The van der Waals surface area contributed by atoms with Gasteiger partial charge in [0, 0.05) is 11.1 Å². The average molecular weight is 252 g/mol. The predicted molar refractivity (Wildman–Crippen MR) is 74.3 cm³/mol. The van der Waals surface area contributed by atoms with Crippen LogP contribution in [0.15, 0.2) is 18.2 Å². The molecule has 1 saturated carbocycles. The molecule has 0 heterocycles. The highest BCUT2D eigenvalue weighted by atomic mass is 35.5. The minimum atomic E-state index is 0.147. The SMILES string of the molecule is Cc1ccc(Cl)cc1C(N)CCC1CCCC1. The quantitative estimate of drug-likeness (QED) is 0.830. The Hall–Kier alpha value is -0.530. The van der Waals surface area contributed by atoms with Gasteiger partial charge in [-0.15, -0.1) is 0 Å². The van der Waals surface area contributed by atoms with E-state index in [9.17, 15) is 0 Å². The monoisotopic (exact) mass is 251 g/mol. The molecule has 2 heteroatoms. The summed E-state index contributed by atoms with van der Waals surface area (Å²) < 4.78 is 0. The molecule has 0 saturated heterocycles. The Morgan fingerprint density at radius 2 is 2.06 bits per heavy atom. The van der Waals surface area contributed by atoms with E-state index in [2.05, 4.69) is 13.0 Å². The van der Waals surface area contributed by atoms with Crippen LogP contribution < -0.4 is 5.73 Å². The van der Waals surface area contributed by atoms with Crippen LogP contribution >= 0.6 is 11.6 Å². The minimum absolute atomic E-state index is 0.147. The van der Waals surface area contributed by atoms with Crippen molar-refractivity contribution in [3.05, 3.63) is 34.3 Å². The number of benzene rings is 1. The molecule has 0 amide bonds. The van der Waals surface area contributed by atoms with Gasteiger partial charge in [0.1, 0.15) is 0 Å². The van der Waals surface area contributed by atoms with Gasteiger partial charge in [0.2, 0.25) is 0 Å². The molecule has 1 nitrogen and oxygen atoms in total. The van der Waals surface area contributed by atoms with Crippen molar-refractivity contribution in [3.63, 3.8) is 0 Å². The summed E-state index contributed by atoms with van der Waals surface area (Å²) in [6.45, 7) is 2.11. The molecule has 2 N–H and O–H groups in total. The molecule has 17 heavy (non-hydrogen) atoms. The number of rotatable bonds is 4. The Labute approximate surface area is 109 Å².